The number of thioether (sulfide) groups is 2. The van der Waals surface area contributed by atoms with Crippen LogP contribution >= 0.6 is 23.5 Å². The Morgan fingerprint density at radius 2 is 2.29 bits per heavy atom. The second-order valence-corrected chi connectivity index (χ2v) is 9.00. The largest absolute Gasteiger partial charge is 0.508 e. The molecular formula is C17H16N8O4S2. The number of β-lactam (4-membered cyclic amide) rings is 1. The summed E-state index contributed by atoms with van der Waals surface area (Å²) < 4.78 is 1.51. The number of hydrogen-bond acceptors (Lipinski definition) is 10. The predicted molar refractivity (Wildman–Crippen MR) is 112 cm³/mol. The van der Waals surface area contributed by atoms with Crippen LogP contribution in [0, 0.1) is 0 Å². The van der Waals surface area contributed by atoms with Crippen molar-refractivity contribution in [3.8, 4) is 5.75 Å². The Balaban J connectivity index is 1.34. The normalized spacial score (nSPS) is 20.7. The van der Waals surface area contributed by atoms with E-state index in [2.05, 4.69) is 30.8 Å². The molecule has 1 saturated heterocycles. The molecule has 3 aromatic rings. The Hall–Kier alpha value is -3.26. The highest BCUT2D eigenvalue weighted by molar-refractivity contribution is 8.01. The Morgan fingerprint density at radius 3 is 3.03 bits per heavy atom. The van der Waals surface area contributed by atoms with Crippen molar-refractivity contribution < 1.29 is 19.8 Å². The third-order valence-electron chi connectivity index (χ3n) is 4.97. The minimum absolute atomic E-state index is 0.0176. The summed E-state index contributed by atoms with van der Waals surface area (Å²) in [6, 6.07) is 4.14. The van der Waals surface area contributed by atoms with Crippen LogP contribution in [0.25, 0.3) is 11.0 Å². The van der Waals surface area contributed by atoms with Gasteiger partial charge in [-0.1, -0.05) is 11.8 Å². The Bertz CT molecular complexity index is 1240. The number of H-pyrrole nitrogens is 1. The summed E-state index contributed by atoms with van der Waals surface area (Å²) in [5, 5.41) is 33.8. The van der Waals surface area contributed by atoms with Gasteiger partial charge in [-0.2, -0.15) is 0 Å². The summed E-state index contributed by atoms with van der Waals surface area (Å²) in [6.07, 6.45) is 0. The van der Waals surface area contributed by atoms with Gasteiger partial charge in [0.1, 0.15) is 22.9 Å². The van der Waals surface area contributed by atoms with Crippen molar-refractivity contribution >= 4 is 52.4 Å². The highest BCUT2D eigenvalue weighted by Gasteiger charge is 2.53. The Kier molecular flexibility index (Phi) is 4.74. The highest BCUT2D eigenvalue weighted by Crippen LogP contribution is 2.42. The first-order valence-electron chi connectivity index (χ1n) is 9.13. The number of aromatic nitrogens is 6. The molecule has 0 spiro atoms. The molecule has 2 aliphatic rings. The molecule has 2 atom stereocenters. The molecule has 0 aliphatic carbocycles. The van der Waals surface area contributed by atoms with E-state index in [0.29, 0.717) is 39.2 Å². The van der Waals surface area contributed by atoms with Gasteiger partial charge in [-0.3, -0.25) is 9.69 Å². The zero-order valence-corrected chi connectivity index (χ0v) is 17.6. The van der Waals surface area contributed by atoms with Gasteiger partial charge in [-0.05, 0) is 28.1 Å². The minimum atomic E-state index is -1.14. The van der Waals surface area contributed by atoms with Gasteiger partial charge in [0.15, 0.2) is 0 Å². The number of fused-ring (bicyclic) bond motifs is 2. The molecule has 1 amide bonds. The van der Waals surface area contributed by atoms with E-state index < -0.39 is 12.0 Å². The van der Waals surface area contributed by atoms with Crippen molar-refractivity contribution in [3.05, 3.63) is 29.5 Å². The Labute approximate surface area is 183 Å². The van der Waals surface area contributed by atoms with Crippen LogP contribution in [0.2, 0.25) is 0 Å². The van der Waals surface area contributed by atoms with E-state index in [1.54, 1.807) is 13.1 Å². The van der Waals surface area contributed by atoms with Gasteiger partial charge in [0, 0.05) is 24.6 Å². The van der Waals surface area contributed by atoms with E-state index in [9.17, 15) is 19.8 Å². The van der Waals surface area contributed by atoms with Crippen LogP contribution in [0.1, 0.15) is 0 Å². The number of carboxylic acids is 1. The number of aromatic amines is 1. The van der Waals surface area contributed by atoms with E-state index >= 15 is 0 Å². The first-order chi connectivity index (χ1) is 14.9. The number of tetrazole rings is 1. The number of nitrogens with one attached hydrogen (secondary N) is 2. The quantitative estimate of drug-likeness (QED) is 0.301. The van der Waals surface area contributed by atoms with Crippen LogP contribution in [0.4, 0.5) is 5.95 Å². The van der Waals surface area contributed by atoms with E-state index in [0.717, 1.165) is 0 Å². The van der Waals surface area contributed by atoms with Crippen molar-refractivity contribution in [3.63, 3.8) is 0 Å². The molecule has 12 nitrogen and oxygen atoms in total. The average Bonchev–Trinajstić information content (AvgIpc) is 3.34. The number of imidazole rings is 1. The molecule has 1 unspecified atom stereocenters. The molecule has 2 aromatic heterocycles. The van der Waals surface area contributed by atoms with Crippen LogP contribution in [0.3, 0.4) is 0 Å². The summed E-state index contributed by atoms with van der Waals surface area (Å²) in [4.78, 5) is 33.5. The Morgan fingerprint density at radius 1 is 1.45 bits per heavy atom. The number of hydrogen-bond donors (Lipinski definition) is 4. The molecule has 5 rings (SSSR count). The van der Waals surface area contributed by atoms with Gasteiger partial charge in [0.2, 0.25) is 11.1 Å². The molecule has 4 heterocycles. The number of aryl methyl sites for hydroxylation is 1. The lowest BCUT2D eigenvalue weighted by Crippen LogP contribution is -2.67. The third-order valence-corrected chi connectivity index (χ3v) is 7.40. The number of carbonyl (C=O) groups is 2. The van der Waals surface area contributed by atoms with Crippen LogP contribution in [-0.2, 0) is 16.6 Å². The molecule has 0 saturated carbocycles. The van der Waals surface area contributed by atoms with Crippen LogP contribution < -0.4 is 5.32 Å². The van der Waals surface area contributed by atoms with Crippen molar-refractivity contribution in [2.45, 2.75) is 16.6 Å². The SMILES string of the molecule is Cn1nnnc1SCC1=C(C(=O)O)N2C(=O)C(Nc3nc4cc(O)ccc4[nH]3)[C@H]2SC1. The van der Waals surface area contributed by atoms with E-state index in [4.69, 9.17) is 0 Å². The maximum absolute atomic E-state index is 12.8. The molecule has 1 aromatic carbocycles. The van der Waals surface area contributed by atoms with Crippen molar-refractivity contribution in [1.82, 2.24) is 35.1 Å². The highest BCUT2D eigenvalue weighted by atomic mass is 32.2. The fourth-order valence-electron chi connectivity index (χ4n) is 3.50. The molecule has 4 N–H and O–H groups in total. The number of aliphatic carboxylic acids is 1. The summed E-state index contributed by atoms with van der Waals surface area (Å²) in [6.45, 7) is 0. The van der Waals surface area contributed by atoms with Crippen LogP contribution in [0.15, 0.2) is 34.6 Å². The molecule has 160 valence electrons. The summed E-state index contributed by atoms with van der Waals surface area (Å²) in [5.41, 5.74) is 1.94. The number of amides is 1. The number of aromatic hydroxyl groups is 1. The summed E-state index contributed by atoms with van der Waals surface area (Å²) in [5.74, 6) is -0.150. The lowest BCUT2D eigenvalue weighted by Gasteiger charge is -2.49. The number of phenols is 1. The molecule has 0 radical (unpaired) electrons. The van der Waals surface area contributed by atoms with Crippen LogP contribution in [-0.4, -0.2) is 80.1 Å². The fraction of sp³-hybridized carbons (Fsp3) is 0.294. The minimum Gasteiger partial charge on any atom is -0.508 e. The first-order valence-corrected chi connectivity index (χ1v) is 11.2. The second-order valence-electron chi connectivity index (χ2n) is 6.95. The molecular weight excluding hydrogens is 444 g/mol. The van der Waals surface area contributed by atoms with Gasteiger partial charge in [0.25, 0.3) is 5.91 Å². The predicted octanol–water partition coefficient (Wildman–Crippen LogP) is 0.619. The number of nitrogens with zero attached hydrogens (tertiary/aromatic N) is 6. The van der Waals surface area contributed by atoms with Crippen LogP contribution in [0.5, 0.6) is 5.75 Å². The number of rotatable bonds is 6. The van der Waals surface area contributed by atoms with Crippen molar-refractivity contribution in [2.75, 3.05) is 16.8 Å². The maximum Gasteiger partial charge on any atom is 0.352 e. The fourth-order valence-corrected chi connectivity index (χ4v) is 5.83. The smallest absolute Gasteiger partial charge is 0.352 e. The van der Waals surface area contributed by atoms with Crippen molar-refractivity contribution in [2.24, 2.45) is 7.05 Å². The topological polar surface area (TPSA) is 162 Å². The third kappa shape index (κ3) is 3.37. The number of benzene rings is 1. The summed E-state index contributed by atoms with van der Waals surface area (Å²) >= 11 is 2.81. The number of phenolic OH excluding ortho intramolecular Hbond substituents is 1. The average molecular weight is 461 g/mol. The monoisotopic (exact) mass is 460 g/mol. The lowest BCUT2D eigenvalue weighted by molar-refractivity contribution is -0.147. The zero-order chi connectivity index (χ0) is 21.7. The van der Waals surface area contributed by atoms with E-state index in [-0.39, 0.29) is 22.7 Å². The van der Waals surface area contributed by atoms with E-state index in [1.165, 1.54) is 45.2 Å². The van der Waals surface area contributed by atoms with Gasteiger partial charge >= 0.3 is 5.97 Å². The lowest BCUT2D eigenvalue weighted by atomic mass is 10.0. The molecule has 2 aliphatic heterocycles. The number of carboxylic acid groups (broad SMARTS) is 1. The van der Waals surface area contributed by atoms with E-state index in [1.807, 2.05) is 0 Å². The maximum atomic E-state index is 12.8. The number of carbonyl (C=O) groups excluding carboxylic acids is 1. The summed E-state index contributed by atoms with van der Waals surface area (Å²) in [7, 11) is 1.70. The van der Waals surface area contributed by atoms with Crippen molar-refractivity contribution in [1.29, 1.82) is 0 Å². The second kappa shape index (κ2) is 7.46. The van der Waals surface area contributed by atoms with Gasteiger partial charge < -0.3 is 20.5 Å². The molecule has 0 bridgehead atoms. The first kappa shape index (κ1) is 19.7. The van der Waals surface area contributed by atoms with Gasteiger partial charge in [0.05, 0.1) is 11.0 Å². The zero-order valence-electron chi connectivity index (χ0n) is 16.0. The molecule has 31 heavy (non-hydrogen) atoms. The standard InChI is InChI=1S/C17H16N8O4S2/c1-24-17(21-22-23-24)31-6-7-5-30-14-11(13(27)25(14)12(7)15(28)29)20-16-18-9-3-2-8(26)4-10(9)19-16/h2-4,11,14,26H,5-6H2,1H3,(H,28,29)(H2,18,19,20)/t11?,14-/m1/s1. The van der Waals surface area contributed by atoms with Gasteiger partial charge in [-0.25, -0.2) is 14.5 Å². The number of anilines is 1. The molecule has 14 heteroatoms. The van der Waals surface area contributed by atoms with Gasteiger partial charge in [-0.15, -0.1) is 16.9 Å². The molecule has 1 fully saturated rings.